The van der Waals surface area contributed by atoms with Crippen LogP contribution < -0.4 is 4.31 Å². The Morgan fingerprint density at radius 1 is 1.12 bits per heavy atom. The number of carbonyl (C=O) groups excluding carboxylic acids is 2. The first-order chi connectivity index (χ1) is 12.4. The van der Waals surface area contributed by atoms with Crippen LogP contribution in [0.5, 0.6) is 0 Å². The number of piperidine rings is 1. The number of ether oxygens (including phenoxy) is 1. The molecule has 1 amide bonds. The van der Waals surface area contributed by atoms with E-state index in [0.717, 1.165) is 12.8 Å². The first kappa shape index (κ1) is 18.7. The minimum Gasteiger partial charge on any atom is -0.452 e. The molecule has 0 atom stereocenters. The molecule has 0 bridgehead atoms. The quantitative estimate of drug-likeness (QED) is 0.742. The minimum atomic E-state index is -3.24. The van der Waals surface area contributed by atoms with E-state index in [1.165, 1.54) is 16.4 Å². The summed E-state index contributed by atoms with van der Waals surface area (Å²) in [6.45, 7) is 3.76. The first-order valence-electron chi connectivity index (χ1n) is 8.92. The van der Waals surface area contributed by atoms with Gasteiger partial charge in [0.15, 0.2) is 6.61 Å². The van der Waals surface area contributed by atoms with Crippen LogP contribution in [0.1, 0.15) is 36.5 Å². The van der Waals surface area contributed by atoms with Crippen molar-refractivity contribution < 1.29 is 22.7 Å². The molecule has 7 nitrogen and oxygen atoms in total. The molecule has 2 aliphatic heterocycles. The summed E-state index contributed by atoms with van der Waals surface area (Å²) < 4.78 is 30.3. The molecular formula is C18H24N2O5S. The van der Waals surface area contributed by atoms with Gasteiger partial charge in [-0.3, -0.25) is 9.10 Å². The zero-order chi connectivity index (χ0) is 18.7. The SMILES string of the molecule is CC1CCN(C(=O)COC(=O)c2ccc(N3CCCS3(=O)=O)cc2)CC1. The standard InChI is InChI=1S/C18H24N2O5S/c1-14-7-10-19(11-8-14)17(21)13-25-18(22)15-3-5-16(6-4-15)20-9-2-12-26(20,23)24/h3-6,14H,2,7-13H2,1H3. The molecule has 26 heavy (non-hydrogen) atoms. The van der Waals surface area contributed by atoms with Gasteiger partial charge in [-0.25, -0.2) is 13.2 Å². The van der Waals surface area contributed by atoms with Crippen molar-refractivity contribution in [2.24, 2.45) is 5.92 Å². The number of hydrogen-bond donors (Lipinski definition) is 0. The third-order valence-electron chi connectivity index (χ3n) is 4.95. The van der Waals surface area contributed by atoms with Crippen molar-refractivity contribution in [3.05, 3.63) is 29.8 Å². The van der Waals surface area contributed by atoms with E-state index in [1.807, 2.05) is 0 Å². The van der Waals surface area contributed by atoms with Crippen molar-refractivity contribution in [1.29, 1.82) is 0 Å². The van der Waals surface area contributed by atoms with Crippen LogP contribution in [-0.2, 0) is 19.6 Å². The number of amides is 1. The lowest BCUT2D eigenvalue weighted by molar-refractivity contribution is -0.135. The number of esters is 1. The largest absolute Gasteiger partial charge is 0.452 e. The molecule has 142 valence electrons. The third-order valence-corrected chi connectivity index (χ3v) is 6.82. The van der Waals surface area contributed by atoms with Crippen LogP contribution in [0.2, 0.25) is 0 Å². The van der Waals surface area contributed by atoms with Gasteiger partial charge >= 0.3 is 5.97 Å². The van der Waals surface area contributed by atoms with Crippen molar-refractivity contribution in [2.45, 2.75) is 26.2 Å². The van der Waals surface area contributed by atoms with E-state index in [9.17, 15) is 18.0 Å². The number of hydrogen-bond acceptors (Lipinski definition) is 5. The molecule has 3 rings (SSSR count). The molecule has 1 aromatic carbocycles. The molecular weight excluding hydrogens is 356 g/mol. The Bertz CT molecular complexity index is 767. The fraction of sp³-hybridized carbons (Fsp3) is 0.556. The highest BCUT2D eigenvalue weighted by atomic mass is 32.2. The number of carbonyl (C=O) groups is 2. The van der Waals surface area contributed by atoms with Crippen molar-refractivity contribution in [3.8, 4) is 0 Å². The van der Waals surface area contributed by atoms with Crippen LogP contribution in [0, 0.1) is 5.92 Å². The van der Waals surface area contributed by atoms with Crippen LogP contribution >= 0.6 is 0 Å². The lowest BCUT2D eigenvalue weighted by atomic mass is 9.99. The predicted octanol–water partition coefficient (Wildman–Crippen LogP) is 1.64. The van der Waals surface area contributed by atoms with Crippen molar-refractivity contribution >= 4 is 27.6 Å². The smallest absolute Gasteiger partial charge is 0.338 e. The highest BCUT2D eigenvalue weighted by Gasteiger charge is 2.28. The number of likely N-dealkylation sites (tertiary alicyclic amines) is 1. The summed E-state index contributed by atoms with van der Waals surface area (Å²) in [4.78, 5) is 26.0. The van der Waals surface area contributed by atoms with Crippen molar-refractivity contribution in [1.82, 2.24) is 4.90 Å². The highest BCUT2D eigenvalue weighted by Crippen LogP contribution is 2.24. The monoisotopic (exact) mass is 380 g/mol. The first-order valence-corrected chi connectivity index (χ1v) is 10.5. The van der Waals surface area contributed by atoms with Crippen LogP contribution in [0.25, 0.3) is 0 Å². The van der Waals surface area contributed by atoms with Crippen LogP contribution in [-0.4, -0.2) is 57.2 Å². The molecule has 8 heteroatoms. The molecule has 0 radical (unpaired) electrons. The second kappa shape index (κ2) is 7.65. The van der Waals surface area contributed by atoms with Gasteiger partial charge in [0.1, 0.15) is 0 Å². The van der Waals surface area contributed by atoms with Gasteiger partial charge in [0.05, 0.1) is 17.0 Å². The second-order valence-electron chi connectivity index (χ2n) is 6.93. The third kappa shape index (κ3) is 4.17. The topological polar surface area (TPSA) is 84.0 Å². The van der Waals surface area contributed by atoms with Crippen LogP contribution in [0.15, 0.2) is 24.3 Å². The van der Waals surface area contributed by atoms with Crippen molar-refractivity contribution in [3.63, 3.8) is 0 Å². The van der Waals surface area contributed by atoms with E-state index in [4.69, 9.17) is 4.74 Å². The zero-order valence-electron chi connectivity index (χ0n) is 14.9. The van der Waals surface area contributed by atoms with Crippen molar-refractivity contribution in [2.75, 3.05) is 36.3 Å². The molecule has 0 N–H and O–H groups in total. The Morgan fingerprint density at radius 2 is 1.77 bits per heavy atom. The Kier molecular flexibility index (Phi) is 5.50. The number of benzene rings is 1. The summed E-state index contributed by atoms with van der Waals surface area (Å²) >= 11 is 0. The number of nitrogens with zero attached hydrogens (tertiary/aromatic N) is 2. The lowest BCUT2D eigenvalue weighted by Gasteiger charge is -2.30. The minimum absolute atomic E-state index is 0.147. The molecule has 0 saturated carbocycles. The molecule has 2 aliphatic rings. The maximum atomic E-state index is 12.1. The summed E-state index contributed by atoms with van der Waals surface area (Å²) in [5, 5.41) is 0. The lowest BCUT2D eigenvalue weighted by Crippen LogP contribution is -2.40. The predicted molar refractivity (Wildman–Crippen MR) is 97.5 cm³/mol. The summed E-state index contributed by atoms with van der Waals surface area (Å²) in [7, 11) is -3.24. The zero-order valence-corrected chi connectivity index (χ0v) is 15.7. The maximum absolute atomic E-state index is 12.1. The summed E-state index contributed by atoms with van der Waals surface area (Å²) in [5.41, 5.74) is 0.836. The molecule has 2 fully saturated rings. The Labute approximate surface area is 154 Å². The molecule has 1 aromatic rings. The van der Waals surface area contributed by atoms with Gasteiger partial charge in [-0.15, -0.1) is 0 Å². The average molecular weight is 380 g/mol. The van der Waals surface area contributed by atoms with E-state index >= 15 is 0 Å². The molecule has 0 aromatic heterocycles. The Hall–Kier alpha value is -2.09. The Balaban J connectivity index is 1.54. The van der Waals surface area contributed by atoms with E-state index in [-0.39, 0.29) is 18.3 Å². The number of anilines is 1. The number of sulfonamides is 1. The van der Waals surface area contributed by atoms with E-state index < -0.39 is 16.0 Å². The summed E-state index contributed by atoms with van der Waals surface area (Å²) in [6, 6.07) is 6.23. The van der Waals surface area contributed by atoms with Gasteiger partial charge in [0.25, 0.3) is 5.91 Å². The molecule has 0 aliphatic carbocycles. The molecule has 0 spiro atoms. The summed E-state index contributed by atoms with van der Waals surface area (Å²) in [5.74, 6) is 0.0119. The number of rotatable bonds is 4. The van der Waals surface area contributed by atoms with Crippen LogP contribution in [0.4, 0.5) is 5.69 Å². The van der Waals surface area contributed by atoms with Gasteiger partial charge in [0, 0.05) is 19.6 Å². The normalized spacial score (nSPS) is 20.2. The summed E-state index contributed by atoms with van der Waals surface area (Å²) in [6.07, 6.45) is 2.55. The fourth-order valence-electron chi connectivity index (χ4n) is 3.25. The maximum Gasteiger partial charge on any atom is 0.338 e. The van der Waals surface area contributed by atoms with Gasteiger partial charge in [0.2, 0.25) is 10.0 Å². The highest BCUT2D eigenvalue weighted by molar-refractivity contribution is 7.93. The van der Waals surface area contributed by atoms with E-state index in [0.29, 0.717) is 43.2 Å². The molecule has 2 saturated heterocycles. The average Bonchev–Trinajstić information content (AvgIpc) is 2.99. The van der Waals surface area contributed by atoms with Gasteiger partial charge < -0.3 is 9.64 Å². The fourth-order valence-corrected chi connectivity index (χ4v) is 4.82. The second-order valence-corrected chi connectivity index (χ2v) is 8.94. The van der Waals surface area contributed by atoms with Gasteiger partial charge in [-0.2, -0.15) is 0 Å². The van der Waals surface area contributed by atoms with E-state index in [2.05, 4.69) is 6.92 Å². The van der Waals surface area contributed by atoms with E-state index in [1.54, 1.807) is 17.0 Å². The van der Waals surface area contributed by atoms with Crippen LogP contribution in [0.3, 0.4) is 0 Å². The molecule has 0 unspecified atom stereocenters. The molecule has 2 heterocycles. The van der Waals surface area contributed by atoms with Gasteiger partial charge in [-0.1, -0.05) is 6.92 Å². The van der Waals surface area contributed by atoms with Gasteiger partial charge in [-0.05, 0) is 49.4 Å². The Morgan fingerprint density at radius 3 is 2.35 bits per heavy atom.